The number of benzene rings is 1. The number of ketones is 1. The van der Waals surface area contributed by atoms with Crippen LogP contribution in [-0.4, -0.2) is 57.2 Å². The lowest BCUT2D eigenvalue weighted by Gasteiger charge is -2.18. The number of hydrogen-bond donors (Lipinski definition) is 2. The van der Waals surface area contributed by atoms with Crippen LogP contribution >= 0.6 is 0 Å². The van der Waals surface area contributed by atoms with Crippen molar-refractivity contribution in [3.05, 3.63) is 42.7 Å². The number of carbonyl (C=O) groups excluding carboxylic acids is 3. The summed E-state index contributed by atoms with van der Waals surface area (Å²) >= 11 is 0. The number of carboxylic acids is 1. The normalized spacial score (nSPS) is 13.0. The minimum atomic E-state index is -1.56. The van der Waals surface area contributed by atoms with Crippen LogP contribution in [0.4, 0.5) is 9.18 Å². The number of alkyl halides is 1. The van der Waals surface area contributed by atoms with Crippen LogP contribution in [0.2, 0.25) is 0 Å². The van der Waals surface area contributed by atoms with Crippen LogP contribution in [0, 0.1) is 0 Å². The topological polar surface area (TPSA) is 128 Å². The predicted molar refractivity (Wildman–Crippen MR) is 104 cm³/mol. The number of pyridine rings is 1. The van der Waals surface area contributed by atoms with E-state index in [-0.39, 0.29) is 0 Å². The van der Waals surface area contributed by atoms with Crippen molar-refractivity contribution in [1.29, 1.82) is 0 Å². The van der Waals surface area contributed by atoms with Crippen LogP contribution < -0.4 is 5.32 Å². The van der Waals surface area contributed by atoms with Crippen LogP contribution in [0.25, 0.3) is 21.8 Å². The molecule has 0 aliphatic rings. The molecule has 156 valence electrons. The second-order valence-electron chi connectivity index (χ2n) is 6.53. The van der Waals surface area contributed by atoms with Gasteiger partial charge in [-0.1, -0.05) is 18.2 Å². The number of ether oxygens (including phenoxy) is 1. The van der Waals surface area contributed by atoms with Crippen LogP contribution in [0.15, 0.2) is 42.7 Å². The number of nitrogens with one attached hydrogen (secondary N) is 1. The second kappa shape index (κ2) is 8.68. The van der Waals surface area contributed by atoms with Gasteiger partial charge in [-0.25, -0.2) is 13.8 Å². The van der Waals surface area contributed by atoms with E-state index in [0.29, 0.717) is 11.0 Å². The van der Waals surface area contributed by atoms with E-state index in [9.17, 15) is 23.6 Å². The van der Waals surface area contributed by atoms with Crippen molar-refractivity contribution in [1.82, 2.24) is 14.9 Å². The number of hydrogen-bond acceptors (Lipinski definition) is 6. The number of amides is 1. The van der Waals surface area contributed by atoms with Gasteiger partial charge in [-0.2, -0.15) is 0 Å². The number of Topliss-reactive ketones (excluding diaryl/α,β-unsaturated/α-hetero) is 1. The summed E-state index contributed by atoms with van der Waals surface area (Å²) in [6.45, 7) is -0.164. The Labute approximate surface area is 169 Å². The molecule has 0 aliphatic carbocycles. The van der Waals surface area contributed by atoms with Crippen LogP contribution in [0.1, 0.15) is 13.3 Å². The highest BCUT2D eigenvalue weighted by Gasteiger charge is 2.28. The Morgan fingerprint density at radius 3 is 2.57 bits per heavy atom. The molecule has 1 aromatic carbocycles. The fourth-order valence-electron chi connectivity index (χ4n) is 3.07. The highest BCUT2D eigenvalue weighted by Crippen LogP contribution is 2.28. The quantitative estimate of drug-likeness (QED) is 0.604. The average Bonchev–Trinajstić information content (AvgIpc) is 3.06. The molecule has 3 aromatic rings. The Morgan fingerprint density at radius 2 is 1.87 bits per heavy atom. The zero-order valence-electron chi connectivity index (χ0n) is 15.9. The summed E-state index contributed by atoms with van der Waals surface area (Å²) in [4.78, 5) is 51.6. The Balaban J connectivity index is 1.82. The van der Waals surface area contributed by atoms with E-state index >= 15 is 0 Å². The van der Waals surface area contributed by atoms with Gasteiger partial charge in [-0.15, -0.1) is 0 Å². The number of para-hydroxylation sites is 1. The molecule has 2 heterocycles. The minimum Gasteiger partial charge on any atom is -0.481 e. The lowest BCUT2D eigenvalue weighted by atomic mass is 10.1. The lowest BCUT2D eigenvalue weighted by Crippen LogP contribution is -2.47. The molecule has 0 saturated carbocycles. The molecule has 1 amide bonds. The fraction of sp³-hybridized carbons (Fsp3) is 0.250. The van der Waals surface area contributed by atoms with Gasteiger partial charge in [-0.3, -0.25) is 19.4 Å². The summed E-state index contributed by atoms with van der Waals surface area (Å²) in [5.74, 6) is -3.39. The third-order valence-electron chi connectivity index (χ3n) is 4.52. The highest BCUT2D eigenvalue weighted by molar-refractivity contribution is 6.12. The molecule has 2 atom stereocenters. The maximum absolute atomic E-state index is 12.8. The smallest absolute Gasteiger partial charge is 0.419 e. The second-order valence-corrected chi connectivity index (χ2v) is 6.53. The van der Waals surface area contributed by atoms with Gasteiger partial charge in [0.25, 0.3) is 5.91 Å². The molecule has 0 radical (unpaired) electrons. The third-order valence-corrected chi connectivity index (χ3v) is 4.52. The Morgan fingerprint density at radius 1 is 1.17 bits per heavy atom. The number of aromatic nitrogens is 2. The summed E-state index contributed by atoms with van der Waals surface area (Å²) in [5, 5.41) is 12.4. The van der Waals surface area contributed by atoms with Crippen molar-refractivity contribution in [2.24, 2.45) is 0 Å². The average molecular weight is 415 g/mol. The van der Waals surface area contributed by atoms with Gasteiger partial charge in [0.2, 0.25) is 0 Å². The van der Waals surface area contributed by atoms with Crippen molar-refractivity contribution in [3.63, 3.8) is 0 Å². The fourth-order valence-corrected chi connectivity index (χ4v) is 3.07. The van der Waals surface area contributed by atoms with Crippen LogP contribution in [0.3, 0.4) is 0 Å². The number of fused-ring (bicyclic) bond motifs is 3. The number of halogens is 1. The molecule has 2 N–H and O–H groups in total. The van der Waals surface area contributed by atoms with E-state index in [0.717, 1.165) is 10.8 Å². The van der Waals surface area contributed by atoms with Crippen LogP contribution in [-0.2, 0) is 19.1 Å². The molecule has 9 nitrogen and oxygen atoms in total. The first kappa shape index (κ1) is 20.9. The van der Waals surface area contributed by atoms with E-state index in [1.54, 1.807) is 24.4 Å². The van der Waals surface area contributed by atoms with E-state index < -0.39 is 49.0 Å². The summed E-state index contributed by atoms with van der Waals surface area (Å²) in [6.07, 6.45) is 0.132. The minimum absolute atomic E-state index is 0.528. The van der Waals surface area contributed by atoms with E-state index in [1.807, 2.05) is 12.1 Å². The van der Waals surface area contributed by atoms with E-state index in [1.165, 1.54) is 17.7 Å². The molecule has 0 aliphatic heterocycles. The van der Waals surface area contributed by atoms with Crippen molar-refractivity contribution in [3.8, 4) is 0 Å². The van der Waals surface area contributed by atoms with Gasteiger partial charge < -0.3 is 15.2 Å². The zero-order valence-corrected chi connectivity index (χ0v) is 15.9. The molecule has 0 spiro atoms. The molecule has 2 aromatic heterocycles. The van der Waals surface area contributed by atoms with Crippen molar-refractivity contribution in [2.45, 2.75) is 25.5 Å². The van der Waals surface area contributed by atoms with Gasteiger partial charge in [0.1, 0.15) is 12.7 Å². The van der Waals surface area contributed by atoms with E-state index in [4.69, 9.17) is 9.84 Å². The molecular weight excluding hydrogens is 397 g/mol. The molecule has 10 heteroatoms. The standard InChI is InChI=1S/C20H18FN3O6/c1-11(19(28)23-14(8-18(26)27)17(25)9-21)30-20(29)24-15-5-3-2-4-12(15)13-10-22-7-6-16(13)24/h2-7,10-11,14H,8-9H2,1H3,(H,23,28)(H,26,27). The first-order valence-electron chi connectivity index (χ1n) is 8.98. The lowest BCUT2D eigenvalue weighted by molar-refractivity contribution is -0.141. The highest BCUT2D eigenvalue weighted by atomic mass is 19.1. The summed E-state index contributed by atoms with van der Waals surface area (Å²) < 4.78 is 19.2. The van der Waals surface area contributed by atoms with Gasteiger partial charge in [-0.05, 0) is 19.1 Å². The van der Waals surface area contributed by atoms with Crippen LogP contribution in [0.5, 0.6) is 0 Å². The Hall–Kier alpha value is -3.82. The molecule has 3 rings (SSSR count). The first-order valence-corrected chi connectivity index (χ1v) is 8.98. The molecule has 2 unspecified atom stereocenters. The Bertz CT molecular complexity index is 1090. The number of aliphatic carboxylic acids is 1. The predicted octanol–water partition coefficient (Wildman–Crippen LogP) is 2.06. The van der Waals surface area contributed by atoms with Gasteiger partial charge in [0.05, 0.1) is 17.5 Å². The molecular formula is C20H18FN3O6. The Kier molecular flexibility index (Phi) is 6.05. The van der Waals surface area contributed by atoms with Gasteiger partial charge in [0.15, 0.2) is 11.9 Å². The molecule has 0 bridgehead atoms. The summed E-state index contributed by atoms with van der Waals surface area (Å²) in [6, 6.07) is 7.16. The SMILES string of the molecule is CC(OC(=O)n1c2ccccc2c2cnccc21)C(=O)NC(CC(=O)O)C(=O)CF. The van der Waals surface area contributed by atoms with Gasteiger partial charge >= 0.3 is 12.1 Å². The van der Waals surface area contributed by atoms with Gasteiger partial charge in [0, 0.05) is 23.2 Å². The molecule has 0 fully saturated rings. The van der Waals surface area contributed by atoms with Crippen molar-refractivity contribution in [2.75, 3.05) is 6.67 Å². The largest absolute Gasteiger partial charge is 0.481 e. The number of carbonyl (C=O) groups is 4. The zero-order chi connectivity index (χ0) is 21.8. The monoisotopic (exact) mass is 415 g/mol. The maximum atomic E-state index is 12.8. The summed E-state index contributed by atoms with van der Waals surface area (Å²) in [7, 11) is 0. The van der Waals surface area contributed by atoms with Crippen molar-refractivity contribution >= 4 is 45.6 Å². The van der Waals surface area contributed by atoms with Crippen molar-refractivity contribution < 1.29 is 33.4 Å². The van der Waals surface area contributed by atoms with E-state index in [2.05, 4.69) is 10.3 Å². The maximum Gasteiger partial charge on any atom is 0.419 e. The number of carboxylic acid groups (broad SMARTS) is 1. The third kappa shape index (κ3) is 4.12. The first-order chi connectivity index (χ1) is 14.3. The number of nitrogens with zero attached hydrogens (tertiary/aromatic N) is 2. The number of rotatable bonds is 7. The summed E-state index contributed by atoms with van der Waals surface area (Å²) in [5.41, 5.74) is 1.08. The molecule has 0 saturated heterocycles. The molecule has 30 heavy (non-hydrogen) atoms.